The molecule has 182 valence electrons. The molecule has 5 rings (SSSR count). The highest BCUT2D eigenvalue weighted by Crippen LogP contribution is 2.26. The van der Waals surface area contributed by atoms with Gasteiger partial charge in [0.05, 0.1) is 29.3 Å². The normalized spacial score (nSPS) is 18.0. The van der Waals surface area contributed by atoms with Crippen molar-refractivity contribution in [3.63, 3.8) is 0 Å². The van der Waals surface area contributed by atoms with Gasteiger partial charge in [-0.05, 0) is 69.0 Å². The maximum Gasteiger partial charge on any atom is 0.258 e. The second-order valence-electron chi connectivity index (χ2n) is 9.25. The van der Waals surface area contributed by atoms with Gasteiger partial charge in [-0.2, -0.15) is 15.3 Å². The lowest BCUT2D eigenvalue weighted by atomic mass is 10.0. The van der Waals surface area contributed by atoms with Crippen molar-refractivity contribution in [1.29, 1.82) is 0 Å². The molecule has 1 aromatic carbocycles. The van der Waals surface area contributed by atoms with Gasteiger partial charge in [-0.3, -0.25) is 9.78 Å². The van der Waals surface area contributed by atoms with E-state index in [4.69, 9.17) is 9.47 Å². The molecule has 0 radical (unpaired) electrons. The lowest BCUT2D eigenvalue weighted by Crippen LogP contribution is -2.34. The van der Waals surface area contributed by atoms with Crippen LogP contribution in [0.25, 0.3) is 10.9 Å². The maximum absolute atomic E-state index is 11.7. The highest BCUT2D eigenvalue weighted by Gasteiger charge is 2.20. The predicted molar refractivity (Wildman–Crippen MR) is 134 cm³/mol. The lowest BCUT2D eigenvalue weighted by molar-refractivity contribution is -0.123. The van der Waals surface area contributed by atoms with Crippen LogP contribution in [-0.2, 0) is 16.0 Å². The first-order chi connectivity index (χ1) is 17.0. The number of nitrogens with zero attached hydrogens (tertiary/aromatic N) is 5. The molecule has 2 aliphatic rings. The summed E-state index contributed by atoms with van der Waals surface area (Å²) in [4.78, 5) is 16.4. The first kappa shape index (κ1) is 23.2. The molecule has 3 aromatic rings. The number of aromatic nitrogens is 3. The average Bonchev–Trinajstić information content (AvgIpc) is 3.50. The van der Waals surface area contributed by atoms with E-state index in [-0.39, 0.29) is 24.8 Å². The van der Waals surface area contributed by atoms with Gasteiger partial charge in [-0.25, -0.2) is 4.68 Å². The quantitative estimate of drug-likeness (QED) is 0.535. The van der Waals surface area contributed by atoms with Crippen molar-refractivity contribution in [2.45, 2.75) is 58.2 Å². The van der Waals surface area contributed by atoms with Crippen LogP contribution in [0.5, 0.6) is 5.75 Å². The fraction of sp³-hybridized carbons (Fsp3) is 0.423. The lowest BCUT2D eigenvalue weighted by Gasteiger charge is -2.23. The van der Waals surface area contributed by atoms with Crippen molar-refractivity contribution in [3.05, 3.63) is 54.0 Å². The summed E-state index contributed by atoms with van der Waals surface area (Å²) >= 11 is 0. The van der Waals surface area contributed by atoms with Crippen molar-refractivity contribution < 1.29 is 14.3 Å². The third-order valence-corrected chi connectivity index (χ3v) is 6.04. The fourth-order valence-corrected chi connectivity index (χ4v) is 4.35. The number of benzene rings is 1. The number of pyridine rings is 1. The zero-order valence-electron chi connectivity index (χ0n) is 20.1. The SMILES string of the molecule is CC(C)NC(=O)COc1ccc(C2=NN=C(Cc3cc4cnn(C5CCCCO5)c4cn3)C2)cc1. The highest BCUT2D eigenvalue weighted by atomic mass is 16.5. The van der Waals surface area contributed by atoms with Gasteiger partial charge in [0.25, 0.3) is 5.91 Å². The first-order valence-corrected chi connectivity index (χ1v) is 12.1. The molecule has 1 fully saturated rings. The molecular formula is C26H30N6O3. The van der Waals surface area contributed by atoms with Crippen LogP contribution in [0.3, 0.4) is 0 Å². The highest BCUT2D eigenvalue weighted by molar-refractivity contribution is 6.15. The van der Waals surface area contributed by atoms with E-state index in [0.29, 0.717) is 18.6 Å². The van der Waals surface area contributed by atoms with E-state index >= 15 is 0 Å². The van der Waals surface area contributed by atoms with Crippen LogP contribution < -0.4 is 10.1 Å². The molecule has 35 heavy (non-hydrogen) atoms. The summed E-state index contributed by atoms with van der Waals surface area (Å²) < 4.78 is 13.4. The number of hydrogen-bond acceptors (Lipinski definition) is 7. The van der Waals surface area contributed by atoms with E-state index in [0.717, 1.165) is 59.5 Å². The second kappa shape index (κ2) is 10.4. The standard InChI is InChI=1S/C26H30N6O3/c1-17(2)29-25(33)16-35-22-8-6-18(7-9-22)23-13-21(30-31-23)12-20-11-19-14-28-32(24(19)15-27-20)26-5-3-4-10-34-26/h6-9,11,14-15,17,26H,3-5,10,12-13,16H2,1-2H3,(H,29,33). The monoisotopic (exact) mass is 474 g/mol. The molecule has 2 aromatic heterocycles. The van der Waals surface area contributed by atoms with Crippen molar-refractivity contribution >= 4 is 28.2 Å². The van der Waals surface area contributed by atoms with E-state index < -0.39 is 0 Å². The molecule has 0 saturated carbocycles. The summed E-state index contributed by atoms with van der Waals surface area (Å²) in [6.45, 7) is 4.61. The minimum absolute atomic E-state index is 0.00181. The van der Waals surface area contributed by atoms with Gasteiger partial charge in [0.1, 0.15) is 5.75 Å². The fourth-order valence-electron chi connectivity index (χ4n) is 4.35. The Morgan fingerprint density at radius 2 is 2.06 bits per heavy atom. The third-order valence-electron chi connectivity index (χ3n) is 6.04. The Kier molecular flexibility index (Phi) is 6.85. The second-order valence-corrected chi connectivity index (χ2v) is 9.25. The Morgan fingerprint density at radius 1 is 1.20 bits per heavy atom. The summed E-state index contributed by atoms with van der Waals surface area (Å²) in [5.41, 5.74) is 4.81. The minimum Gasteiger partial charge on any atom is -0.484 e. The van der Waals surface area contributed by atoms with Gasteiger partial charge in [0.2, 0.25) is 0 Å². The molecule has 1 amide bonds. The topological polar surface area (TPSA) is 103 Å². The van der Waals surface area contributed by atoms with Crippen molar-refractivity contribution in [3.8, 4) is 5.75 Å². The van der Waals surface area contributed by atoms with Crippen LogP contribution in [0.1, 0.15) is 57.0 Å². The Hall–Kier alpha value is -3.59. The van der Waals surface area contributed by atoms with Crippen molar-refractivity contribution in [1.82, 2.24) is 20.1 Å². The van der Waals surface area contributed by atoms with Crippen molar-refractivity contribution in [2.24, 2.45) is 10.2 Å². The number of nitrogens with one attached hydrogen (secondary N) is 1. The molecule has 1 N–H and O–H groups in total. The number of amides is 1. The van der Waals surface area contributed by atoms with Crippen LogP contribution in [0, 0.1) is 0 Å². The van der Waals surface area contributed by atoms with E-state index in [9.17, 15) is 4.79 Å². The number of rotatable bonds is 8. The molecule has 9 nitrogen and oxygen atoms in total. The minimum atomic E-state index is -0.135. The summed E-state index contributed by atoms with van der Waals surface area (Å²) in [5, 5.41) is 17.2. The predicted octanol–water partition coefficient (Wildman–Crippen LogP) is 3.83. The average molecular weight is 475 g/mol. The van der Waals surface area contributed by atoms with Gasteiger partial charge in [0.15, 0.2) is 12.8 Å². The van der Waals surface area contributed by atoms with Gasteiger partial charge in [0, 0.05) is 36.6 Å². The third kappa shape index (κ3) is 5.57. The van der Waals surface area contributed by atoms with Gasteiger partial charge < -0.3 is 14.8 Å². The zero-order valence-corrected chi connectivity index (χ0v) is 20.1. The summed E-state index contributed by atoms with van der Waals surface area (Å²) in [6.07, 6.45) is 8.32. The van der Waals surface area contributed by atoms with Gasteiger partial charge in [-0.1, -0.05) is 0 Å². The first-order valence-electron chi connectivity index (χ1n) is 12.1. The number of hydrogen-bond donors (Lipinski definition) is 1. The van der Waals surface area contributed by atoms with Crippen LogP contribution in [-0.4, -0.2) is 51.4 Å². The summed E-state index contributed by atoms with van der Waals surface area (Å²) in [7, 11) is 0. The van der Waals surface area contributed by atoms with Gasteiger partial charge in [-0.15, -0.1) is 0 Å². The Labute approximate surface area is 204 Å². The summed E-state index contributed by atoms with van der Waals surface area (Å²) in [6, 6.07) is 9.75. The number of fused-ring (bicyclic) bond motifs is 1. The van der Waals surface area contributed by atoms with Crippen LogP contribution >= 0.6 is 0 Å². The summed E-state index contributed by atoms with van der Waals surface area (Å²) in [5.74, 6) is 0.507. The molecule has 0 aliphatic carbocycles. The molecule has 2 aliphatic heterocycles. The Morgan fingerprint density at radius 3 is 2.83 bits per heavy atom. The molecule has 0 spiro atoms. The van der Waals surface area contributed by atoms with Crippen molar-refractivity contribution in [2.75, 3.05) is 13.2 Å². The van der Waals surface area contributed by atoms with E-state index in [2.05, 4.69) is 31.7 Å². The Balaban J connectivity index is 1.16. The number of ether oxygens (including phenoxy) is 2. The molecule has 1 saturated heterocycles. The zero-order chi connectivity index (χ0) is 24.2. The molecule has 1 unspecified atom stereocenters. The smallest absolute Gasteiger partial charge is 0.258 e. The molecular weight excluding hydrogens is 444 g/mol. The molecule has 9 heteroatoms. The Bertz CT molecular complexity index is 1260. The van der Waals surface area contributed by atoms with Crippen LogP contribution in [0.4, 0.5) is 0 Å². The molecule has 0 bridgehead atoms. The molecule has 4 heterocycles. The molecule has 1 atom stereocenters. The van der Waals surface area contributed by atoms with Gasteiger partial charge >= 0.3 is 0 Å². The van der Waals surface area contributed by atoms with E-state index in [1.165, 1.54) is 0 Å². The van der Waals surface area contributed by atoms with E-state index in [1.807, 2.05) is 55.2 Å². The maximum atomic E-state index is 11.7. The van der Waals surface area contributed by atoms with Crippen LogP contribution in [0.2, 0.25) is 0 Å². The number of carbonyl (C=O) groups is 1. The largest absolute Gasteiger partial charge is 0.484 e. The van der Waals surface area contributed by atoms with Crippen LogP contribution in [0.15, 0.2) is 52.9 Å². The van der Waals surface area contributed by atoms with E-state index in [1.54, 1.807) is 0 Å². The number of carbonyl (C=O) groups excluding carboxylic acids is 1.